The van der Waals surface area contributed by atoms with Crippen molar-refractivity contribution in [1.82, 2.24) is 0 Å². The van der Waals surface area contributed by atoms with Crippen LogP contribution in [-0.2, 0) is 4.74 Å². The molecule has 1 fully saturated rings. The van der Waals surface area contributed by atoms with Gasteiger partial charge in [0, 0.05) is 0 Å². The van der Waals surface area contributed by atoms with Gasteiger partial charge in [-0.3, -0.25) is 0 Å². The molecule has 0 spiro atoms. The van der Waals surface area contributed by atoms with Crippen molar-refractivity contribution in [1.29, 1.82) is 0 Å². The summed E-state index contributed by atoms with van der Waals surface area (Å²) in [7, 11) is 0. The SMILES string of the molecule is CC1(C)CC(Nc2cc(C(=O)O)ccc2F)C(C)(C)O1. The van der Waals surface area contributed by atoms with Crippen LogP contribution in [0.2, 0.25) is 0 Å². The van der Waals surface area contributed by atoms with E-state index in [0.29, 0.717) is 0 Å². The summed E-state index contributed by atoms with van der Waals surface area (Å²) in [5.41, 5.74) is -0.480. The van der Waals surface area contributed by atoms with Crippen molar-refractivity contribution in [2.24, 2.45) is 0 Å². The van der Waals surface area contributed by atoms with Crippen LogP contribution in [0.4, 0.5) is 10.1 Å². The molecule has 1 aliphatic heterocycles. The Kier molecular flexibility index (Phi) is 3.50. The van der Waals surface area contributed by atoms with Crippen LogP contribution in [0, 0.1) is 5.82 Å². The monoisotopic (exact) mass is 281 g/mol. The minimum absolute atomic E-state index is 0.0601. The van der Waals surface area contributed by atoms with Crippen molar-refractivity contribution in [3.8, 4) is 0 Å². The van der Waals surface area contributed by atoms with Crippen LogP contribution >= 0.6 is 0 Å². The van der Waals surface area contributed by atoms with Crippen LogP contribution in [0.15, 0.2) is 18.2 Å². The lowest BCUT2D eigenvalue weighted by Gasteiger charge is -2.28. The highest BCUT2D eigenvalue weighted by atomic mass is 19.1. The van der Waals surface area contributed by atoms with Crippen molar-refractivity contribution in [2.75, 3.05) is 5.32 Å². The third-order valence-electron chi connectivity index (χ3n) is 3.62. The van der Waals surface area contributed by atoms with Gasteiger partial charge in [-0.15, -0.1) is 0 Å². The highest BCUT2D eigenvalue weighted by Crippen LogP contribution is 2.39. The molecule has 0 aliphatic carbocycles. The normalized spacial score (nSPS) is 23.6. The van der Waals surface area contributed by atoms with Gasteiger partial charge >= 0.3 is 5.97 Å². The number of carboxylic acid groups (broad SMARTS) is 1. The minimum atomic E-state index is -1.07. The van der Waals surface area contributed by atoms with Gasteiger partial charge in [-0.05, 0) is 52.3 Å². The van der Waals surface area contributed by atoms with Crippen LogP contribution < -0.4 is 5.32 Å². The number of halogens is 1. The van der Waals surface area contributed by atoms with Crippen LogP contribution in [0.5, 0.6) is 0 Å². The lowest BCUT2D eigenvalue weighted by atomic mass is 9.94. The third-order valence-corrected chi connectivity index (χ3v) is 3.62. The number of anilines is 1. The first kappa shape index (κ1) is 14.8. The average molecular weight is 281 g/mol. The maximum atomic E-state index is 13.8. The summed E-state index contributed by atoms with van der Waals surface area (Å²) in [6.07, 6.45) is 0.719. The second-order valence-corrected chi connectivity index (χ2v) is 6.37. The summed E-state index contributed by atoms with van der Waals surface area (Å²) >= 11 is 0. The molecule has 1 atom stereocenters. The Bertz CT molecular complexity index is 540. The molecule has 20 heavy (non-hydrogen) atoms. The second kappa shape index (κ2) is 4.74. The molecule has 1 aliphatic rings. The molecule has 0 amide bonds. The highest BCUT2D eigenvalue weighted by molar-refractivity contribution is 5.88. The Labute approximate surface area is 117 Å². The number of ether oxygens (including phenoxy) is 1. The summed E-state index contributed by atoms with van der Waals surface area (Å²) < 4.78 is 19.8. The molecule has 1 saturated heterocycles. The van der Waals surface area contributed by atoms with Gasteiger partial charge < -0.3 is 15.2 Å². The highest BCUT2D eigenvalue weighted by Gasteiger charge is 2.46. The third kappa shape index (κ3) is 2.93. The Hall–Kier alpha value is -1.62. The summed E-state index contributed by atoms with van der Waals surface area (Å²) in [4.78, 5) is 11.0. The fourth-order valence-corrected chi connectivity index (χ4v) is 2.74. The molecular weight excluding hydrogens is 261 g/mol. The maximum absolute atomic E-state index is 13.8. The molecule has 0 bridgehead atoms. The summed E-state index contributed by atoms with van der Waals surface area (Å²) in [6.45, 7) is 7.86. The van der Waals surface area contributed by atoms with Gasteiger partial charge in [-0.25, -0.2) is 9.18 Å². The first-order valence-electron chi connectivity index (χ1n) is 6.60. The minimum Gasteiger partial charge on any atom is -0.478 e. The Morgan fingerprint density at radius 3 is 2.55 bits per heavy atom. The van der Waals surface area contributed by atoms with Crippen molar-refractivity contribution in [2.45, 2.75) is 51.4 Å². The molecule has 0 aromatic heterocycles. The van der Waals surface area contributed by atoms with Gasteiger partial charge in [0.05, 0.1) is 28.5 Å². The molecule has 1 aromatic carbocycles. The fourth-order valence-electron chi connectivity index (χ4n) is 2.74. The quantitative estimate of drug-likeness (QED) is 0.892. The predicted molar refractivity (Wildman–Crippen MR) is 74.6 cm³/mol. The molecule has 2 rings (SSSR count). The van der Waals surface area contributed by atoms with Gasteiger partial charge in [-0.1, -0.05) is 0 Å². The van der Waals surface area contributed by atoms with E-state index >= 15 is 0 Å². The van der Waals surface area contributed by atoms with E-state index in [9.17, 15) is 9.18 Å². The average Bonchev–Trinajstić information content (AvgIpc) is 2.49. The molecule has 0 saturated carbocycles. The maximum Gasteiger partial charge on any atom is 0.335 e. The topological polar surface area (TPSA) is 58.6 Å². The van der Waals surface area contributed by atoms with Gasteiger partial charge in [0.2, 0.25) is 0 Å². The van der Waals surface area contributed by atoms with Crippen molar-refractivity contribution in [3.63, 3.8) is 0 Å². The number of carboxylic acids is 1. The second-order valence-electron chi connectivity index (χ2n) is 6.37. The van der Waals surface area contributed by atoms with Gasteiger partial charge in [0.1, 0.15) is 5.82 Å². The standard InChI is InChI=1S/C15H20FNO3/c1-14(2)8-12(15(3,4)20-14)17-11-7-9(13(18)19)5-6-10(11)16/h5-7,12,17H,8H2,1-4H3,(H,18,19). The molecule has 0 radical (unpaired) electrons. The summed E-state index contributed by atoms with van der Waals surface area (Å²) in [5.74, 6) is -1.54. The first-order valence-corrected chi connectivity index (χ1v) is 6.60. The van der Waals surface area contributed by atoms with Gasteiger partial charge in [0.15, 0.2) is 0 Å². The zero-order valence-corrected chi connectivity index (χ0v) is 12.2. The molecule has 2 N–H and O–H groups in total. The van der Waals surface area contributed by atoms with Crippen molar-refractivity contribution in [3.05, 3.63) is 29.6 Å². The first-order chi connectivity index (χ1) is 9.11. The van der Waals surface area contributed by atoms with E-state index in [4.69, 9.17) is 9.84 Å². The van der Waals surface area contributed by atoms with E-state index in [-0.39, 0.29) is 22.9 Å². The van der Waals surface area contributed by atoms with E-state index in [0.717, 1.165) is 6.42 Å². The number of benzene rings is 1. The largest absolute Gasteiger partial charge is 0.478 e. The van der Waals surface area contributed by atoms with Crippen LogP contribution in [0.25, 0.3) is 0 Å². The molecule has 4 nitrogen and oxygen atoms in total. The zero-order valence-electron chi connectivity index (χ0n) is 12.2. The molecule has 1 heterocycles. The number of nitrogens with one attached hydrogen (secondary N) is 1. The van der Waals surface area contributed by atoms with Gasteiger partial charge in [-0.2, -0.15) is 0 Å². The van der Waals surface area contributed by atoms with E-state index in [1.807, 2.05) is 27.7 Å². The molecule has 1 aromatic rings. The number of rotatable bonds is 3. The number of carbonyl (C=O) groups is 1. The van der Waals surface area contributed by atoms with Gasteiger partial charge in [0.25, 0.3) is 0 Å². The summed E-state index contributed by atoms with van der Waals surface area (Å²) in [6, 6.07) is 3.65. The van der Waals surface area contributed by atoms with Crippen LogP contribution in [0.3, 0.4) is 0 Å². The zero-order chi connectivity index (χ0) is 15.1. The van der Waals surface area contributed by atoms with E-state index in [2.05, 4.69) is 5.32 Å². The van der Waals surface area contributed by atoms with Crippen LogP contribution in [-0.4, -0.2) is 28.3 Å². The Morgan fingerprint density at radius 1 is 1.40 bits per heavy atom. The fraction of sp³-hybridized carbons (Fsp3) is 0.533. The Morgan fingerprint density at radius 2 is 2.05 bits per heavy atom. The number of hydrogen-bond acceptors (Lipinski definition) is 3. The molecule has 1 unspecified atom stereocenters. The summed E-state index contributed by atoms with van der Waals surface area (Å²) in [5, 5.41) is 12.1. The van der Waals surface area contributed by atoms with Crippen LogP contribution in [0.1, 0.15) is 44.5 Å². The molecular formula is C15H20FNO3. The lowest BCUT2D eigenvalue weighted by molar-refractivity contribution is -0.0662. The van der Waals surface area contributed by atoms with E-state index < -0.39 is 17.4 Å². The van der Waals surface area contributed by atoms with E-state index in [1.165, 1.54) is 18.2 Å². The number of aromatic carboxylic acids is 1. The lowest BCUT2D eigenvalue weighted by Crippen LogP contribution is -2.38. The smallest absolute Gasteiger partial charge is 0.335 e. The Balaban J connectivity index is 2.26. The van der Waals surface area contributed by atoms with Crippen molar-refractivity contribution < 1.29 is 19.0 Å². The molecule has 110 valence electrons. The molecule has 5 heteroatoms. The van der Waals surface area contributed by atoms with E-state index in [1.54, 1.807) is 0 Å². The predicted octanol–water partition coefficient (Wildman–Crippen LogP) is 3.28. The van der Waals surface area contributed by atoms with Crippen molar-refractivity contribution >= 4 is 11.7 Å². The number of hydrogen-bond donors (Lipinski definition) is 2.